The van der Waals surface area contributed by atoms with Crippen molar-refractivity contribution in [3.8, 4) is 0 Å². The van der Waals surface area contributed by atoms with E-state index in [9.17, 15) is 9.59 Å². The molecule has 2 rings (SSSR count). The maximum Gasteiger partial charge on any atom is 0.287 e. The topological polar surface area (TPSA) is 62.6 Å². The zero-order chi connectivity index (χ0) is 15.4. The molecule has 1 aliphatic heterocycles. The molecule has 0 aliphatic carbocycles. The van der Waals surface area contributed by atoms with Gasteiger partial charge in [-0.2, -0.15) is 0 Å². The highest BCUT2D eigenvalue weighted by molar-refractivity contribution is 5.95. The van der Waals surface area contributed by atoms with Gasteiger partial charge in [0.15, 0.2) is 5.76 Å². The number of amides is 2. The predicted molar refractivity (Wildman–Crippen MR) is 79.8 cm³/mol. The summed E-state index contributed by atoms with van der Waals surface area (Å²) in [5.41, 5.74) is 1.31. The van der Waals surface area contributed by atoms with Crippen LogP contribution in [0.4, 0.5) is 0 Å². The van der Waals surface area contributed by atoms with Crippen LogP contribution in [0.25, 0.3) is 0 Å². The van der Waals surface area contributed by atoms with Gasteiger partial charge in [0.1, 0.15) is 6.04 Å². The normalized spacial score (nSPS) is 16.6. The fraction of sp³-hybridized carbons (Fsp3) is 0.500. The van der Waals surface area contributed by atoms with E-state index in [1.165, 1.54) is 11.8 Å². The number of hydrogen-bond donors (Lipinski definition) is 1. The Kier molecular flexibility index (Phi) is 4.83. The Morgan fingerprint density at radius 3 is 2.67 bits per heavy atom. The molecule has 2 amide bonds. The third kappa shape index (κ3) is 3.74. The standard InChI is InChI=1S/C16H22N2O3/c1-11(2)14(17-15(19)13-5-4-10-21-13)16(20)18-8-6-12(3)7-9-18/h4-6,10-11,14H,7-9H2,1-3H3,(H,17,19). The highest BCUT2D eigenvalue weighted by Crippen LogP contribution is 2.14. The fourth-order valence-electron chi connectivity index (χ4n) is 2.30. The molecule has 0 spiro atoms. The number of carbonyl (C=O) groups is 2. The van der Waals surface area contributed by atoms with Gasteiger partial charge in [0, 0.05) is 13.1 Å². The van der Waals surface area contributed by atoms with Crippen LogP contribution >= 0.6 is 0 Å². The molecular weight excluding hydrogens is 268 g/mol. The van der Waals surface area contributed by atoms with Crippen LogP contribution in [0.1, 0.15) is 37.7 Å². The van der Waals surface area contributed by atoms with Gasteiger partial charge in [0.05, 0.1) is 6.26 Å². The van der Waals surface area contributed by atoms with Crippen LogP contribution in [0, 0.1) is 5.92 Å². The molecule has 1 aromatic rings. The quantitative estimate of drug-likeness (QED) is 0.865. The van der Waals surface area contributed by atoms with Gasteiger partial charge in [-0.15, -0.1) is 0 Å². The summed E-state index contributed by atoms with van der Waals surface area (Å²) >= 11 is 0. The van der Waals surface area contributed by atoms with Crippen molar-refractivity contribution in [1.82, 2.24) is 10.2 Å². The average Bonchev–Trinajstić information content (AvgIpc) is 2.98. The van der Waals surface area contributed by atoms with E-state index in [4.69, 9.17) is 4.42 Å². The third-order valence-electron chi connectivity index (χ3n) is 3.71. The summed E-state index contributed by atoms with van der Waals surface area (Å²) in [4.78, 5) is 26.5. The van der Waals surface area contributed by atoms with Crippen molar-refractivity contribution >= 4 is 11.8 Å². The molecule has 1 unspecified atom stereocenters. The van der Waals surface area contributed by atoms with Crippen molar-refractivity contribution in [2.75, 3.05) is 13.1 Å². The number of furan rings is 1. The van der Waals surface area contributed by atoms with E-state index in [0.717, 1.165) is 6.42 Å². The summed E-state index contributed by atoms with van der Waals surface area (Å²) < 4.78 is 5.07. The second-order valence-electron chi connectivity index (χ2n) is 5.76. The van der Waals surface area contributed by atoms with Gasteiger partial charge < -0.3 is 14.6 Å². The molecule has 0 saturated heterocycles. The van der Waals surface area contributed by atoms with E-state index in [0.29, 0.717) is 13.1 Å². The average molecular weight is 290 g/mol. The zero-order valence-electron chi connectivity index (χ0n) is 12.8. The number of nitrogens with one attached hydrogen (secondary N) is 1. The minimum Gasteiger partial charge on any atom is -0.459 e. The van der Waals surface area contributed by atoms with Crippen LogP contribution in [-0.4, -0.2) is 35.8 Å². The Morgan fingerprint density at radius 1 is 1.38 bits per heavy atom. The molecule has 0 bridgehead atoms. The Labute approximate surface area is 125 Å². The van der Waals surface area contributed by atoms with Crippen LogP contribution in [-0.2, 0) is 4.79 Å². The van der Waals surface area contributed by atoms with E-state index in [1.54, 1.807) is 17.0 Å². The maximum absolute atomic E-state index is 12.6. The molecule has 2 heterocycles. The van der Waals surface area contributed by atoms with Crippen molar-refractivity contribution in [3.63, 3.8) is 0 Å². The van der Waals surface area contributed by atoms with Crippen molar-refractivity contribution < 1.29 is 14.0 Å². The number of rotatable bonds is 4. The van der Waals surface area contributed by atoms with Crippen LogP contribution in [0.5, 0.6) is 0 Å². The van der Waals surface area contributed by atoms with Gasteiger partial charge in [-0.3, -0.25) is 9.59 Å². The van der Waals surface area contributed by atoms with Gasteiger partial charge in [-0.25, -0.2) is 0 Å². The summed E-state index contributed by atoms with van der Waals surface area (Å²) in [7, 11) is 0. The molecule has 21 heavy (non-hydrogen) atoms. The Balaban J connectivity index is 2.05. The summed E-state index contributed by atoms with van der Waals surface area (Å²) in [6.07, 6.45) is 4.40. The summed E-state index contributed by atoms with van der Waals surface area (Å²) in [6, 6.07) is 2.71. The summed E-state index contributed by atoms with van der Waals surface area (Å²) in [5, 5.41) is 2.78. The minimum atomic E-state index is -0.533. The molecular formula is C16H22N2O3. The first-order valence-corrected chi connectivity index (χ1v) is 7.28. The molecule has 1 N–H and O–H groups in total. The SMILES string of the molecule is CC1=CCN(C(=O)C(NC(=O)c2ccco2)C(C)C)CC1. The first-order valence-electron chi connectivity index (χ1n) is 7.28. The third-order valence-corrected chi connectivity index (χ3v) is 3.71. The lowest BCUT2D eigenvalue weighted by Gasteiger charge is -2.31. The Hall–Kier alpha value is -2.04. The zero-order valence-corrected chi connectivity index (χ0v) is 12.8. The van der Waals surface area contributed by atoms with Crippen LogP contribution in [0.2, 0.25) is 0 Å². The van der Waals surface area contributed by atoms with Gasteiger partial charge in [0.2, 0.25) is 5.91 Å². The monoisotopic (exact) mass is 290 g/mol. The van der Waals surface area contributed by atoms with Crippen LogP contribution < -0.4 is 5.32 Å². The molecule has 5 heteroatoms. The van der Waals surface area contributed by atoms with Gasteiger partial charge in [-0.1, -0.05) is 25.5 Å². The second-order valence-corrected chi connectivity index (χ2v) is 5.76. The lowest BCUT2D eigenvalue weighted by atomic mass is 10.0. The Morgan fingerprint density at radius 2 is 2.14 bits per heavy atom. The van der Waals surface area contributed by atoms with Gasteiger partial charge in [0.25, 0.3) is 5.91 Å². The summed E-state index contributed by atoms with van der Waals surface area (Å²) in [5.74, 6) is -0.143. The predicted octanol–water partition coefficient (Wildman–Crippen LogP) is 2.21. The highest BCUT2D eigenvalue weighted by atomic mass is 16.3. The molecule has 114 valence electrons. The van der Waals surface area contributed by atoms with Crippen molar-refractivity contribution in [2.45, 2.75) is 33.2 Å². The molecule has 0 radical (unpaired) electrons. The molecule has 0 fully saturated rings. The highest BCUT2D eigenvalue weighted by Gasteiger charge is 2.29. The molecule has 1 aromatic heterocycles. The lowest BCUT2D eigenvalue weighted by molar-refractivity contribution is -0.134. The summed E-state index contributed by atoms with van der Waals surface area (Å²) in [6.45, 7) is 7.25. The maximum atomic E-state index is 12.6. The number of nitrogens with zero attached hydrogens (tertiary/aromatic N) is 1. The van der Waals surface area contributed by atoms with E-state index in [-0.39, 0.29) is 23.5 Å². The first kappa shape index (κ1) is 15.4. The van der Waals surface area contributed by atoms with Crippen molar-refractivity contribution in [3.05, 3.63) is 35.8 Å². The Bertz CT molecular complexity index is 532. The van der Waals surface area contributed by atoms with E-state index in [1.807, 2.05) is 13.8 Å². The minimum absolute atomic E-state index is 0.0171. The lowest BCUT2D eigenvalue weighted by Crippen LogP contribution is -2.52. The number of carbonyl (C=O) groups excluding carboxylic acids is 2. The van der Waals surface area contributed by atoms with Crippen molar-refractivity contribution in [2.24, 2.45) is 5.92 Å². The largest absolute Gasteiger partial charge is 0.459 e. The van der Waals surface area contributed by atoms with Gasteiger partial charge >= 0.3 is 0 Å². The fourth-order valence-corrected chi connectivity index (χ4v) is 2.30. The van der Waals surface area contributed by atoms with Crippen molar-refractivity contribution in [1.29, 1.82) is 0 Å². The van der Waals surface area contributed by atoms with Gasteiger partial charge in [-0.05, 0) is 31.4 Å². The molecule has 1 aliphatic rings. The number of hydrogen-bond acceptors (Lipinski definition) is 3. The van der Waals surface area contributed by atoms with Crippen LogP contribution in [0.15, 0.2) is 34.5 Å². The van der Waals surface area contributed by atoms with E-state index < -0.39 is 6.04 Å². The molecule has 0 saturated carbocycles. The molecule has 0 aromatic carbocycles. The molecule has 5 nitrogen and oxygen atoms in total. The second kappa shape index (κ2) is 6.61. The van der Waals surface area contributed by atoms with E-state index >= 15 is 0 Å². The molecule has 1 atom stereocenters. The van der Waals surface area contributed by atoms with E-state index in [2.05, 4.69) is 18.3 Å². The van der Waals surface area contributed by atoms with Crippen LogP contribution in [0.3, 0.4) is 0 Å². The first-order chi connectivity index (χ1) is 9.99. The smallest absolute Gasteiger partial charge is 0.287 e.